The van der Waals surface area contributed by atoms with Crippen LogP contribution in [-0.4, -0.2) is 64.7 Å². The van der Waals surface area contributed by atoms with Crippen LogP contribution in [0.3, 0.4) is 0 Å². The average Bonchev–Trinajstić information content (AvgIpc) is 2.67. The van der Waals surface area contributed by atoms with Gasteiger partial charge >= 0.3 is 24.1 Å². The summed E-state index contributed by atoms with van der Waals surface area (Å²) in [5.74, 6) is -3.38. The van der Waals surface area contributed by atoms with Crippen LogP contribution in [0.5, 0.6) is 0 Å². The molecule has 0 spiro atoms. The van der Waals surface area contributed by atoms with Crippen molar-refractivity contribution in [3.63, 3.8) is 0 Å². The number of methoxy groups -OCH3 is 1. The summed E-state index contributed by atoms with van der Waals surface area (Å²) in [7, 11) is 1.26. The number of aliphatic carboxylic acids is 2. The van der Waals surface area contributed by atoms with Crippen molar-refractivity contribution >= 4 is 17.9 Å². The first kappa shape index (κ1) is 31.3. The van der Waals surface area contributed by atoms with Gasteiger partial charge in [-0.05, 0) is 24.7 Å². The van der Waals surface area contributed by atoms with Gasteiger partial charge in [0.25, 0.3) is 0 Å². The van der Waals surface area contributed by atoms with Crippen LogP contribution in [0.1, 0.15) is 58.8 Å². The Morgan fingerprint density at radius 2 is 1.52 bits per heavy atom. The molecule has 1 fully saturated rings. The highest BCUT2D eigenvalue weighted by Gasteiger charge is 2.38. The number of carbonyl (C=O) groups is 3. The Bertz CT molecular complexity index is 539. The van der Waals surface area contributed by atoms with Gasteiger partial charge in [0.15, 0.2) is 6.10 Å². The molecule has 184 valence electrons. The summed E-state index contributed by atoms with van der Waals surface area (Å²) < 4.78 is 36.2. The minimum absolute atomic E-state index is 0.357. The minimum Gasteiger partial charge on any atom is -0.480 e. The fraction of sp³-hybridized carbons (Fsp3) is 0.842. The first-order valence-corrected chi connectivity index (χ1v) is 9.93. The zero-order valence-corrected chi connectivity index (χ0v) is 18.1. The van der Waals surface area contributed by atoms with Gasteiger partial charge in [0.2, 0.25) is 0 Å². The average molecular weight is 460 g/mol. The van der Waals surface area contributed by atoms with Crippen molar-refractivity contribution in [2.75, 3.05) is 7.11 Å². The maximum absolute atomic E-state index is 11.0. The largest absolute Gasteiger partial charge is 0.490 e. The molecule has 0 aromatic rings. The molecule has 0 aromatic heterocycles. The standard InChI is InChI=1S/C11H21NO3.C6H13NO2.C2HF3O2/c1-15-11(14)10(13)9(12)7-8-5-3-2-4-6-8;1-4(2)3-5(7)6(8)9;3-2(4,5)1(6)7/h8-10,13H,2-7,12H2,1H3;4-5H,3,7H2,1-2H3,(H,8,9);(H,6,7)/t;5-;/m.0./s1. The second-order valence-corrected chi connectivity index (χ2v) is 7.75. The van der Waals surface area contributed by atoms with Crippen molar-refractivity contribution in [3.8, 4) is 0 Å². The number of carboxylic acids is 2. The number of esters is 1. The molecule has 2 unspecified atom stereocenters. The molecule has 1 rings (SSSR count). The molecule has 7 N–H and O–H groups in total. The van der Waals surface area contributed by atoms with Crippen LogP contribution in [0.4, 0.5) is 13.2 Å². The van der Waals surface area contributed by atoms with E-state index in [1.807, 2.05) is 13.8 Å². The van der Waals surface area contributed by atoms with Gasteiger partial charge in [-0.15, -0.1) is 0 Å². The number of hydrogen-bond acceptors (Lipinski definition) is 7. The van der Waals surface area contributed by atoms with Crippen molar-refractivity contribution in [2.45, 2.75) is 83.2 Å². The van der Waals surface area contributed by atoms with Crippen LogP contribution in [0.15, 0.2) is 0 Å². The number of carboxylic acid groups (broad SMARTS) is 2. The normalized spacial score (nSPS) is 17.2. The topological polar surface area (TPSA) is 173 Å². The summed E-state index contributed by atoms with van der Waals surface area (Å²) in [6.07, 6.45) is 1.13. The third kappa shape index (κ3) is 16.4. The molecular formula is C19H35F3N2O7. The molecule has 0 heterocycles. The third-order valence-corrected chi connectivity index (χ3v) is 4.46. The van der Waals surface area contributed by atoms with Crippen molar-refractivity contribution in [1.29, 1.82) is 0 Å². The van der Waals surface area contributed by atoms with Gasteiger partial charge in [-0.25, -0.2) is 9.59 Å². The fourth-order valence-corrected chi connectivity index (χ4v) is 2.84. The van der Waals surface area contributed by atoms with Crippen LogP contribution in [-0.2, 0) is 19.1 Å². The highest BCUT2D eigenvalue weighted by molar-refractivity contribution is 5.75. The molecular weight excluding hydrogens is 425 g/mol. The number of rotatable bonds is 7. The number of ether oxygens (including phenoxy) is 1. The molecule has 0 aromatic carbocycles. The molecule has 0 aliphatic heterocycles. The number of halogens is 3. The van der Waals surface area contributed by atoms with E-state index in [0.717, 1.165) is 6.42 Å². The molecule has 3 atom stereocenters. The Balaban J connectivity index is 0. The van der Waals surface area contributed by atoms with Gasteiger partial charge in [-0.2, -0.15) is 13.2 Å². The Hall–Kier alpha value is -1.92. The Morgan fingerprint density at radius 1 is 1.06 bits per heavy atom. The molecule has 1 saturated carbocycles. The zero-order valence-electron chi connectivity index (χ0n) is 18.1. The van der Waals surface area contributed by atoms with Crippen LogP contribution >= 0.6 is 0 Å². The van der Waals surface area contributed by atoms with E-state index in [2.05, 4.69) is 4.74 Å². The number of alkyl halides is 3. The smallest absolute Gasteiger partial charge is 0.480 e. The predicted molar refractivity (Wildman–Crippen MR) is 106 cm³/mol. The summed E-state index contributed by atoms with van der Waals surface area (Å²) in [6, 6.07) is -1.18. The summed E-state index contributed by atoms with van der Waals surface area (Å²) in [4.78, 5) is 30.0. The lowest BCUT2D eigenvalue weighted by molar-refractivity contribution is -0.192. The Morgan fingerprint density at radius 3 is 1.81 bits per heavy atom. The van der Waals surface area contributed by atoms with E-state index in [1.54, 1.807) is 0 Å². The molecule has 1 aliphatic carbocycles. The van der Waals surface area contributed by atoms with E-state index in [0.29, 0.717) is 18.3 Å². The maximum atomic E-state index is 11.0. The predicted octanol–water partition coefficient (Wildman–Crippen LogP) is 1.90. The summed E-state index contributed by atoms with van der Waals surface area (Å²) in [6.45, 7) is 3.89. The van der Waals surface area contributed by atoms with Gasteiger partial charge in [0, 0.05) is 6.04 Å². The van der Waals surface area contributed by atoms with E-state index < -0.39 is 42.3 Å². The maximum Gasteiger partial charge on any atom is 0.490 e. The minimum atomic E-state index is -5.08. The fourth-order valence-electron chi connectivity index (χ4n) is 2.84. The van der Waals surface area contributed by atoms with Gasteiger partial charge in [-0.3, -0.25) is 4.79 Å². The molecule has 9 nitrogen and oxygen atoms in total. The van der Waals surface area contributed by atoms with E-state index >= 15 is 0 Å². The third-order valence-electron chi connectivity index (χ3n) is 4.46. The van der Waals surface area contributed by atoms with Crippen molar-refractivity contribution in [3.05, 3.63) is 0 Å². The summed E-state index contributed by atoms with van der Waals surface area (Å²) >= 11 is 0. The summed E-state index contributed by atoms with van der Waals surface area (Å²) in [5, 5.41) is 24.9. The zero-order chi connectivity index (χ0) is 24.8. The van der Waals surface area contributed by atoms with Gasteiger partial charge in [0.05, 0.1) is 7.11 Å². The molecule has 0 radical (unpaired) electrons. The lowest BCUT2D eigenvalue weighted by Gasteiger charge is -2.26. The summed E-state index contributed by atoms with van der Waals surface area (Å²) in [5.41, 5.74) is 11.0. The number of hydrogen-bond donors (Lipinski definition) is 5. The quantitative estimate of drug-likeness (QED) is 0.355. The van der Waals surface area contributed by atoms with E-state index in [-0.39, 0.29) is 0 Å². The first-order chi connectivity index (χ1) is 14.1. The SMILES string of the molecule is CC(C)C[C@H](N)C(=O)O.COC(=O)C(O)C(N)CC1CCCCC1.O=C(O)C(F)(F)F. The van der Waals surface area contributed by atoms with Crippen LogP contribution in [0, 0.1) is 11.8 Å². The van der Waals surface area contributed by atoms with E-state index in [1.165, 1.54) is 39.2 Å². The molecule has 0 bridgehead atoms. The van der Waals surface area contributed by atoms with Gasteiger partial charge < -0.3 is 31.5 Å². The molecule has 0 saturated heterocycles. The van der Waals surface area contributed by atoms with Crippen molar-refractivity contribution in [1.82, 2.24) is 0 Å². The van der Waals surface area contributed by atoms with Crippen LogP contribution in [0.25, 0.3) is 0 Å². The highest BCUT2D eigenvalue weighted by atomic mass is 19.4. The first-order valence-electron chi connectivity index (χ1n) is 9.93. The second kappa shape index (κ2) is 15.8. The lowest BCUT2D eigenvalue weighted by atomic mass is 9.84. The van der Waals surface area contributed by atoms with Gasteiger partial charge in [0.1, 0.15) is 6.04 Å². The Labute approximate surface area is 179 Å². The molecule has 31 heavy (non-hydrogen) atoms. The van der Waals surface area contributed by atoms with Crippen molar-refractivity contribution in [2.24, 2.45) is 23.3 Å². The number of nitrogens with two attached hydrogens (primary N) is 2. The monoisotopic (exact) mass is 460 g/mol. The van der Waals surface area contributed by atoms with Crippen LogP contribution in [0.2, 0.25) is 0 Å². The van der Waals surface area contributed by atoms with Gasteiger partial charge in [-0.1, -0.05) is 46.0 Å². The van der Waals surface area contributed by atoms with E-state index in [9.17, 15) is 27.9 Å². The second-order valence-electron chi connectivity index (χ2n) is 7.75. The molecule has 12 heteroatoms. The molecule has 0 amide bonds. The van der Waals surface area contributed by atoms with E-state index in [4.69, 9.17) is 26.5 Å². The highest BCUT2D eigenvalue weighted by Crippen LogP contribution is 2.27. The number of aliphatic hydroxyl groups is 1. The number of carbonyl (C=O) groups excluding carboxylic acids is 1. The molecule has 1 aliphatic rings. The Kier molecular flexibility index (Phi) is 16.0. The van der Waals surface area contributed by atoms with Crippen LogP contribution < -0.4 is 11.5 Å². The lowest BCUT2D eigenvalue weighted by Crippen LogP contribution is -2.42. The van der Waals surface area contributed by atoms with Crippen molar-refractivity contribution < 1.29 is 47.6 Å². The number of aliphatic hydroxyl groups excluding tert-OH is 1.